The van der Waals surface area contributed by atoms with Crippen molar-refractivity contribution >= 4 is 11.0 Å². The number of benzene rings is 1. The fourth-order valence-electron chi connectivity index (χ4n) is 2.36. The molecule has 1 N–H and O–H groups in total. The van der Waals surface area contributed by atoms with Gasteiger partial charge in [0.1, 0.15) is 6.10 Å². The van der Waals surface area contributed by atoms with Crippen LogP contribution in [0, 0.1) is 0 Å². The number of rotatable bonds is 2. The summed E-state index contributed by atoms with van der Waals surface area (Å²) < 4.78 is 5.90. The molecule has 1 saturated heterocycles. The largest absolute Gasteiger partial charge is 0.460 e. The van der Waals surface area contributed by atoms with Crippen LogP contribution in [-0.2, 0) is 0 Å². The van der Waals surface area contributed by atoms with Gasteiger partial charge in [-0.2, -0.15) is 4.98 Å². The van der Waals surface area contributed by atoms with E-state index in [9.17, 15) is 0 Å². The monoisotopic (exact) mass is 231 g/mol. The van der Waals surface area contributed by atoms with Crippen molar-refractivity contribution in [3.8, 4) is 6.01 Å². The zero-order chi connectivity index (χ0) is 11.7. The van der Waals surface area contributed by atoms with E-state index in [0.29, 0.717) is 6.01 Å². The second kappa shape index (κ2) is 4.37. The standard InChI is InChI=1S/C13H17N3O/c1-16-8-4-5-10(9-16)17-13-14-11-6-2-3-7-12(11)15-13/h2-3,6-7,10H,4-5,8-9H2,1H3,(H,14,15). The van der Waals surface area contributed by atoms with E-state index in [1.54, 1.807) is 0 Å². The SMILES string of the molecule is CN1CCCC(Oc2nc3ccccc3[nH]2)C1. The highest BCUT2D eigenvalue weighted by molar-refractivity contribution is 5.75. The molecule has 3 rings (SSSR count). The molecule has 1 aliphatic heterocycles. The minimum atomic E-state index is 0.259. The lowest BCUT2D eigenvalue weighted by molar-refractivity contribution is 0.0967. The first kappa shape index (κ1) is 10.6. The molecule has 1 aromatic carbocycles. The van der Waals surface area contributed by atoms with Gasteiger partial charge in [-0.25, -0.2) is 0 Å². The number of nitrogens with zero attached hydrogens (tertiary/aromatic N) is 2. The molecule has 1 aliphatic rings. The Morgan fingerprint density at radius 1 is 1.41 bits per heavy atom. The third-order valence-electron chi connectivity index (χ3n) is 3.23. The van der Waals surface area contributed by atoms with Crippen LogP contribution in [-0.4, -0.2) is 41.1 Å². The van der Waals surface area contributed by atoms with Gasteiger partial charge in [-0.05, 0) is 38.6 Å². The normalized spacial score (nSPS) is 21.8. The first-order valence-electron chi connectivity index (χ1n) is 6.11. The molecule has 1 unspecified atom stereocenters. The summed E-state index contributed by atoms with van der Waals surface area (Å²) in [7, 11) is 2.13. The third-order valence-corrected chi connectivity index (χ3v) is 3.23. The van der Waals surface area contributed by atoms with Gasteiger partial charge in [-0.1, -0.05) is 12.1 Å². The van der Waals surface area contributed by atoms with Crippen molar-refractivity contribution in [3.05, 3.63) is 24.3 Å². The van der Waals surface area contributed by atoms with Gasteiger partial charge in [-0.15, -0.1) is 0 Å². The number of ether oxygens (including phenoxy) is 1. The van der Waals surface area contributed by atoms with Crippen molar-refractivity contribution in [3.63, 3.8) is 0 Å². The smallest absolute Gasteiger partial charge is 0.294 e. The van der Waals surface area contributed by atoms with Crippen molar-refractivity contribution in [1.82, 2.24) is 14.9 Å². The summed E-state index contributed by atoms with van der Waals surface area (Å²) in [6.45, 7) is 2.15. The van der Waals surface area contributed by atoms with E-state index in [4.69, 9.17) is 4.74 Å². The van der Waals surface area contributed by atoms with Gasteiger partial charge < -0.3 is 14.6 Å². The Balaban J connectivity index is 1.75. The number of nitrogens with one attached hydrogen (secondary N) is 1. The number of hydrogen-bond donors (Lipinski definition) is 1. The summed E-state index contributed by atoms with van der Waals surface area (Å²) in [5, 5.41) is 0. The van der Waals surface area contributed by atoms with E-state index in [2.05, 4.69) is 21.9 Å². The minimum Gasteiger partial charge on any atom is -0.460 e. The molecule has 1 atom stereocenters. The molecule has 2 heterocycles. The third kappa shape index (κ3) is 2.26. The minimum absolute atomic E-state index is 0.259. The fourth-order valence-corrected chi connectivity index (χ4v) is 2.36. The molecule has 0 bridgehead atoms. The van der Waals surface area contributed by atoms with E-state index in [-0.39, 0.29) is 6.10 Å². The van der Waals surface area contributed by atoms with E-state index < -0.39 is 0 Å². The summed E-state index contributed by atoms with van der Waals surface area (Å²) in [5.74, 6) is 0. The van der Waals surface area contributed by atoms with Gasteiger partial charge in [-0.3, -0.25) is 0 Å². The van der Waals surface area contributed by atoms with Crippen LogP contribution in [0.2, 0.25) is 0 Å². The van der Waals surface area contributed by atoms with Gasteiger partial charge in [0.05, 0.1) is 11.0 Å². The number of likely N-dealkylation sites (tertiary alicyclic amines) is 1. The Hall–Kier alpha value is -1.55. The Bertz CT molecular complexity index is 475. The van der Waals surface area contributed by atoms with Crippen LogP contribution >= 0.6 is 0 Å². The van der Waals surface area contributed by atoms with Gasteiger partial charge in [0.25, 0.3) is 6.01 Å². The van der Waals surface area contributed by atoms with Crippen LogP contribution in [0.15, 0.2) is 24.3 Å². The zero-order valence-corrected chi connectivity index (χ0v) is 10.0. The van der Waals surface area contributed by atoms with E-state index in [1.807, 2.05) is 24.3 Å². The van der Waals surface area contributed by atoms with Crippen molar-refractivity contribution in [1.29, 1.82) is 0 Å². The van der Waals surface area contributed by atoms with Crippen LogP contribution in [0.25, 0.3) is 11.0 Å². The summed E-state index contributed by atoms with van der Waals surface area (Å²) in [6.07, 6.45) is 2.57. The number of aromatic amines is 1. The van der Waals surface area contributed by atoms with Crippen LogP contribution < -0.4 is 4.74 Å². The molecule has 0 spiro atoms. The van der Waals surface area contributed by atoms with Gasteiger partial charge in [0.15, 0.2) is 0 Å². The lowest BCUT2D eigenvalue weighted by Crippen LogP contribution is -2.38. The first-order chi connectivity index (χ1) is 8.31. The van der Waals surface area contributed by atoms with Crippen molar-refractivity contribution in [2.75, 3.05) is 20.1 Å². The number of hydrogen-bond acceptors (Lipinski definition) is 3. The summed E-state index contributed by atoms with van der Waals surface area (Å²) in [5.41, 5.74) is 2.00. The predicted molar refractivity (Wildman–Crippen MR) is 67.2 cm³/mol. The van der Waals surface area contributed by atoms with Crippen LogP contribution in [0.3, 0.4) is 0 Å². The maximum absolute atomic E-state index is 5.90. The molecule has 2 aromatic rings. The highest BCUT2D eigenvalue weighted by Crippen LogP contribution is 2.18. The molecule has 17 heavy (non-hydrogen) atoms. The number of H-pyrrole nitrogens is 1. The summed E-state index contributed by atoms with van der Waals surface area (Å²) in [6, 6.07) is 8.64. The molecule has 90 valence electrons. The molecular weight excluding hydrogens is 214 g/mol. The second-order valence-corrected chi connectivity index (χ2v) is 4.70. The molecule has 1 aromatic heterocycles. The van der Waals surface area contributed by atoms with Gasteiger partial charge >= 0.3 is 0 Å². The summed E-state index contributed by atoms with van der Waals surface area (Å²) in [4.78, 5) is 9.94. The fraction of sp³-hybridized carbons (Fsp3) is 0.462. The maximum Gasteiger partial charge on any atom is 0.294 e. The average molecular weight is 231 g/mol. The van der Waals surface area contributed by atoms with Crippen LogP contribution in [0.4, 0.5) is 0 Å². The Labute approximate surface area is 101 Å². The highest BCUT2D eigenvalue weighted by atomic mass is 16.5. The van der Waals surface area contributed by atoms with Gasteiger partial charge in [0, 0.05) is 6.54 Å². The number of likely N-dealkylation sites (N-methyl/N-ethyl adjacent to an activating group) is 1. The molecule has 0 saturated carbocycles. The number of imidazole rings is 1. The van der Waals surface area contributed by atoms with Crippen molar-refractivity contribution in [2.45, 2.75) is 18.9 Å². The molecule has 4 heteroatoms. The maximum atomic E-state index is 5.90. The highest BCUT2D eigenvalue weighted by Gasteiger charge is 2.19. The number of fused-ring (bicyclic) bond motifs is 1. The Morgan fingerprint density at radius 2 is 2.29 bits per heavy atom. The lowest BCUT2D eigenvalue weighted by Gasteiger charge is -2.28. The summed E-state index contributed by atoms with van der Waals surface area (Å²) >= 11 is 0. The number of para-hydroxylation sites is 2. The molecule has 0 radical (unpaired) electrons. The molecule has 0 amide bonds. The van der Waals surface area contributed by atoms with Crippen LogP contribution in [0.5, 0.6) is 6.01 Å². The predicted octanol–water partition coefficient (Wildman–Crippen LogP) is 2.04. The number of piperidine rings is 1. The van der Waals surface area contributed by atoms with E-state index in [1.165, 1.54) is 13.0 Å². The topological polar surface area (TPSA) is 41.1 Å². The van der Waals surface area contributed by atoms with E-state index >= 15 is 0 Å². The van der Waals surface area contributed by atoms with Gasteiger partial charge in [0.2, 0.25) is 0 Å². The first-order valence-corrected chi connectivity index (χ1v) is 6.11. The Kier molecular flexibility index (Phi) is 2.73. The van der Waals surface area contributed by atoms with Crippen molar-refractivity contribution in [2.24, 2.45) is 0 Å². The molecule has 0 aliphatic carbocycles. The molecule has 1 fully saturated rings. The molecular formula is C13H17N3O. The molecule has 4 nitrogen and oxygen atoms in total. The zero-order valence-electron chi connectivity index (χ0n) is 10.0. The average Bonchev–Trinajstić information content (AvgIpc) is 2.71. The number of aromatic nitrogens is 2. The lowest BCUT2D eigenvalue weighted by atomic mass is 10.1. The van der Waals surface area contributed by atoms with E-state index in [0.717, 1.165) is 24.0 Å². The quantitative estimate of drug-likeness (QED) is 0.860. The Morgan fingerprint density at radius 3 is 3.12 bits per heavy atom. The van der Waals surface area contributed by atoms with Crippen LogP contribution in [0.1, 0.15) is 12.8 Å². The second-order valence-electron chi connectivity index (χ2n) is 4.70. The van der Waals surface area contributed by atoms with Crippen molar-refractivity contribution < 1.29 is 4.74 Å².